The first-order valence-corrected chi connectivity index (χ1v) is 8.02. The van der Waals surface area contributed by atoms with Crippen molar-refractivity contribution in [2.45, 2.75) is 20.3 Å². The van der Waals surface area contributed by atoms with E-state index in [1.54, 1.807) is 0 Å². The number of anilines is 2. The molecule has 24 heavy (non-hydrogen) atoms. The van der Waals surface area contributed by atoms with E-state index >= 15 is 0 Å². The van der Waals surface area contributed by atoms with Crippen molar-refractivity contribution in [3.63, 3.8) is 0 Å². The molecule has 4 nitrogen and oxygen atoms in total. The van der Waals surface area contributed by atoms with E-state index in [4.69, 9.17) is 9.78 Å². The Labute approximate surface area is 140 Å². The van der Waals surface area contributed by atoms with E-state index in [0.717, 1.165) is 52.5 Å². The van der Waals surface area contributed by atoms with Gasteiger partial charge in [0.05, 0.1) is 17.3 Å². The van der Waals surface area contributed by atoms with Crippen LogP contribution in [-0.4, -0.2) is 11.7 Å². The van der Waals surface area contributed by atoms with Crippen molar-refractivity contribution in [2.75, 3.05) is 11.4 Å². The summed E-state index contributed by atoms with van der Waals surface area (Å²) in [5.74, 6) is 0.939. The number of fused-ring (bicyclic) bond motifs is 3. The van der Waals surface area contributed by atoms with Gasteiger partial charge in [-0.2, -0.15) is 5.26 Å². The van der Waals surface area contributed by atoms with Gasteiger partial charge in [-0.25, -0.2) is 0 Å². The SMILES string of the molecule is Cc1cc(C#N)ccc1N1CCc2onc(C)c2-c2ccccc21. The van der Waals surface area contributed by atoms with Gasteiger partial charge in [0.25, 0.3) is 0 Å². The molecule has 0 saturated heterocycles. The minimum atomic E-state index is 0.686. The second-order valence-electron chi connectivity index (χ2n) is 6.10. The van der Waals surface area contributed by atoms with Crippen LogP contribution in [0.15, 0.2) is 47.0 Å². The Bertz CT molecular complexity index is 965. The van der Waals surface area contributed by atoms with E-state index < -0.39 is 0 Å². The molecule has 0 bridgehead atoms. The summed E-state index contributed by atoms with van der Waals surface area (Å²) in [5, 5.41) is 13.3. The lowest BCUT2D eigenvalue weighted by Gasteiger charge is -2.26. The zero-order chi connectivity index (χ0) is 16.7. The molecule has 1 aliphatic heterocycles. The molecular formula is C20H17N3O. The molecule has 0 amide bonds. The molecule has 0 unspecified atom stereocenters. The summed E-state index contributed by atoms with van der Waals surface area (Å²) < 4.78 is 5.55. The molecule has 118 valence electrons. The third-order valence-electron chi connectivity index (χ3n) is 4.58. The Balaban J connectivity index is 1.90. The molecule has 4 heteroatoms. The van der Waals surface area contributed by atoms with Gasteiger partial charge >= 0.3 is 0 Å². The fourth-order valence-electron chi connectivity index (χ4n) is 3.46. The van der Waals surface area contributed by atoms with Crippen molar-refractivity contribution in [2.24, 2.45) is 0 Å². The van der Waals surface area contributed by atoms with Crippen molar-refractivity contribution in [1.29, 1.82) is 5.26 Å². The molecule has 0 spiro atoms. The topological polar surface area (TPSA) is 53.1 Å². The number of hydrogen-bond acceptors (Lipinski definition) is 4. The van der Waals surface area contributed by atoms with Crippen LogP contribution in [0, 0.1) is 25.2 Å². The Hall–Kier alpha value is -3.06. The summed E-state index contributed by atoms with van der Waals surface area (Å²) in [6, 6.07) is 16.4. The van der Waals surface area contributed by atoms with Gasteiger partial charge in [0.2, 0.25) is 0 Å². The average Bonchev–Trinajstić information content (AvgIpc) is 2.88. The molecule has 0 radical (unpaired) electrons. The van der Waals surface area contributed by atoms with Crippen LogP contribution in [0.2, 0.25) is 0 Å². The average molecular weight is 315 g/mol. The number of nitriles is 1. The molecule has 0 saturated carbocycles. The van der Waals surface area contributed by atoms with Crippen molar-refractivity contribution in [3.8, 4) is 17.2 Å². The third-order valence-corrected chi connectivity index (χ3v) is 4.58. The summed E-state index contributed by atoms with van der Waals surface area (Å²) >= 11 is 0. The highest BCUT2D eigenvalue weighted by atomic mass is 16.5. The second-order valence-corrected chi connectivity index (χ2v) is 6.10. The van der Waals surface area contributed by atoms with Crippen LogP contribution in [0.5, 0.6) is 0 Å². The Kier molecular flexibility index (Phi) is 3.35. The molecule has 2 heterocycles. The summed E-state index contributed by atoms with van der Waals surface area (Å²) in [6.45, 7) is 4.85. The van der Waals surface area contributed by atoms with Crippen molar-refractivity contribution in [1.82, 2.24) is 5.16 Å². The van der Waals surface area contributed by atoms with E-state index in [2.05, 4.69) is 34.3 Å². The van der Waals surface area contributed by atoms with Crippen molar-refractivity contribution < 1.29 is 4.52 Å². The number of aromatic nitrogens is 1. The van der Waals surface area contributed by atoms with Gasteiger partial charge in [-0.15, -0.1) is 0 Å². The van der Waals surface area contributed by atoms with Gasteiger partial charge in [-0.1, -0.05) is 23.4 Å². The summed E-state index contributed by atoms with van der Waals surface area (Å²) in [6.07, 6.45) is 0.796. The summed E-state index contributed by atoms with van der Waals surface area (Å²) in [4.78, 5) is 2.31. The van der Waals surface area contributed by atoms with Crippen LogP contribution in [0.25, 0.3) is 11.1 Å². The molecule has 0 aliphatic carbocycles. The van der Waals surface area contributed by atoms with Crippen LogP contribution >= 0.6 is 0 Å². The Morgan fingerprint density at radius 2 is 1.96 bits per heavy atom. The molecule has 0 atom stereocenters. The Morgan fingerprint density at radius 1 is 1.12 bits per heavy atom. The van der Waals surface area contributed by atoms with Crippen LogP contribution in [0.3, 0.4) is 0 Å². The van der Waals surface area contributed by atoms with Crippen LogP contribution in [0.4, 0.5) is 11.4 Å². The fraction of sp³-hybridized carbons (Fsp3) is 0.200. The fourth-order valence-corrected chi connectivity index (χ4v) is 3.46. The first-order valence-electron chi connectivity index (χ1n) is 8.02. The maximum absolute atomic E-state index is 9.10. The predicted molar refractivity (Wildman–Crippen MR) is 93.3 cm³/mol. The number of aryl methyl sites for hydroxylation is 2. The van der Waals surface area contributed by atoms with Crippen LogP contribution in [0.1, 0.15) is 22.6 Å². The highest BCUT2D eigenvalue weighted by molar-refractivity contribution is 5.86. The first-order chi connectivity index (χ1) is 11.7. The van der Waals surface area contributed by atoms with E-state index in [0.29, 0.717) is 5.56 Å². The van der Waals surface area contributed by atoms with Gasteiger partial charge < -0.3 is 9.42 Å². The lowest BCUT2D eigenvalue weighted by atomic mass is 10.0. The smallest absolute Gasteiger partial charge is 0.146 e. The minimum Gasteiger partial charge on any atom is -0.360 e. The van der Waals surface area contributed by atoms with Crippen molar-refractivity contribution in [3.05, 3.63) is 65.0 Å². The normalized spacial score (nSPS) is 13.0. The highest BCUT2D eigenvalue weighted by Gasteiger charge is 2.26. The third kappa shape index (κ3) is 2.17. The van der Waals surface area contributed by atoms with Gasteiger partial charge in [0, 0.05) is 35.5 Å². The quantitative estimate of drug-likeness (QED) is 0.662. The summed E-state index contributed by atoms with van der Waals surface area (Å²) in [7, 11) is 0. The standard InChI is InChI=1S/C20H17N3O/c1-13-11-15(12-21)7-8-17(13)23-10-9-19-20(14(2)22-24-19)16-5-3-4-6-18(16)23/h3-8,11H,9-10H2,1-2H3. The Morgan fingerprint density at radius 3 is 2.75 bits per heavy atom. The van der Waals surface area contributed by atoms with E-state index in [1.807, 2.05) is 38.1 Å². The largest absolute Gasteiger partial charge is 0.360 e. The number of rotatable bonds is 1. The second kappa shape index (κ2) is 5.54. The molecule has 0 N–H and O–H groups in total. The minimum absolute atomic E-state index is 0.686. The summed E-state index contributed by atoms with van der Waals surface area (Å²) in [5.41, 5.74) is 7.24. The molecule has 1 aliphatic rings. The maximum atomic E-state index is 9.10. The van der Waals surface area contributed by atoms with Gasteiger partial charge in [-0.05, 0) is 43.7 Å². The zero-order valence-electron chi connectivity index (χ0n) is 13.7. The number of para-hydroxylation sites is 1. The monoisotopic (exact) mass is 315 g/mol. The van der Waals surface area contributed by atoms with E-state index in [-0.39, 0.29) is 0 Å². The molecule has 4 rings (SSSR count). The van der Waals surface area contributed by atoms with Crippen LogP contribution in [-0.2, 0) is 6.42 Å². The zero-order valence-corrected chi connectivity index (χ0v) is 13.7. The predicted octanol–water partition coefficient (Wildman–Crippen LogP) is 4.52. The molecule has 0 fully saturated rings. The van der Waals surface area contributed by atoms with E-state index in [9.17, 15) is 0 Å². The lowest BCUT2D eigenvalue weighted by molar-refractivity contribution is 0.381. The maximum Gasteiger partial charge on any atom is 0.146 e. The lowest BCUT2D eigenvalue weighted by Crippen LogP contribution is -2.20. The first kappa shape index (κ1) is 14.5. The number of benzene rings is 2. The number of nitrogens with zero attached hydrogens (tertiary/aromatic N) is 3. The van der Waals surface area contributed by atoms with Crippen molar-refractivity contribution >= 4 is 11.4 Å². The van der Waals surface area contributed by atoms with Gasteiger partial charge in [0.15, 0.2) is 0 Å². The highest BCUT2D eigenvalue weighted by Crippen LogP contribution is 2.41. The molecule has 3 aromatic rings. The van der Waals surface area contributed by atoms with E-state index in [1.165, 1.54) is 0 Å². The van der Waals surface area contributed by atoms with Gasteiger partial charge in [0.1, 0.15) is 5.76 Å². The molecule has 2 aromatic carbocycles. The number of hydrogen-bond donors (Lipinski definition) is 0. The molecule has 1 aromatic heterocycles. The van der Waals surface area contributed by atoms with Crippen LogP contribution < -0.4 is 4.90 Å². The molecular weight excluding hydrogens is 298 g/mol. The van der Waals surface area contributed by atoms with Gasteiger partial charge in [-0.3, -0.25) is 0 Å².